The molecule has 0 fully saturated rings. The summed E-state index contributed by atoms with van der Waals surface area (Å²) in [5.74, 6) is 0.365. The lowest BCUT2D eigenvalue weighted by Gasteiger charge is -1.99. The van der Waals surface area contributed by atoms with Crippen molar-refractivity contribution in [3.63, 3.8) is 0 Å². The molecule has 2 heteroatoms. The Morgan fingerprint density at radius 1 is 1.00 bits per heavy atom. The van der Waals surface area contributed by atoms with E-state index in [1.165, 1.54) is 19.3 Å². The second kappa shape index (κ2) is 9.72. The van der Waals surface area contributed by atoms with E-state index in [1.54, 1.807) is 0 Å². The summed E-state index contributed by atoms with van der Waals surface area (Å²) >= 11 is 0. The van der Waals surface area contributed by atoms with Gasteiger partial charge < -0.3 is 5.11 Å². The van der Waals surface area contributed by atoms with Gasteiger partial charge in [-0.05, 0) is 19.3 Å². The van der Waals surface area contributed by atoms with Gasteiger partial charge in [0.05, 0.1) is 0 Å². The van der Waals surface area contributed by atoms with Gasteiger partial charge in [0.15, 0.2) is 0 Å². The quantitative estimate of drug-likeness (QED) is 0.562. The smallest absolute Gasteiger partial charge is 0.132 e. The molecular formula is C11H22O2. The maximum Gasteiger partial charge on any atom is 0.132 e. The van der Waals surface area contributed by atoms with Crippen molar-refractivity contribution >= 4 is 5.78 Å². The van der Waals surface area contributed by atoms with Crippen LogP contribution in [0.4, 0.5) is 0 Å². The van der Waals surface area contributed by atoms with Crippen LogP contribution in [0.15, 0.2) is 0 Å². The van der Waals surface area contributed by atoms with Crippen molar-refractivity contribution in [1.82, 2.24) is 0 Å². The summed E-state index contributed by atoms with van der Waals surface area (Å²) in [6, 6.07) is 0. The number of Topliss-reactive ketones (excluding diaryl/α,β-unsaturated/α-hetero) is 1. The summed E-state index contributed by atoms with van der Waals surface area (Å²) in [5, 5.41) is 8.51. The lowest BCUT2D eigenvalue weighted by Crippen LogP contribution is -1.98. The van der Waals surface area contributed by atoms with E-state index >= 15 is 0 Å². The van der Waals surface area contributed by atoms with Crippen molar-refractivity contribution in [2.75, 3.05) is 6.61 Å². The van der Waals surface area contributed by atoms with Gasteiger partial charge in [-0.15, -0.1) is 0 Å². The molecule has 0 spiro atoms. The fourth-order valence-corrected chi connectivity index (χ4v) is 1.31. The Morgan fingerprint density at radius 2 is 1.62 bits per heavy atom. The summed E-state index contributed by atoms with van der Waals surface area (Å²) in [5.41, 5.74) is 0. The van der Waals surface area contributed by atoms with Crippen LogP contribution >= 0.6 is 0 Å². The van der Waals surface area contributed by atoms with E-state index in [9.17, 15) is 4.79 Å². The largest absolute Gasteiger partial charge is 0.396 e. The molecule has 0 aliphatic heterocycles. The highest BCUT2D eigenvalue weighted by molar-refractivity contribution is 5.78. The number of rotatable bonds is 9. The summed E-state index contributed by atoms with van der Waals surface area (Å²) in [4.78, 5) is 11.2. The molecular weight excluding hydrogens is 164 g/mol. The molecule has 0 radical (unpaired) electrons. The average molecular weight is 186 g/mol. The highest BCUT2D eigenvalue weighted by atomic mass is 16.2. The van der Waals surface area contributed by atoms with Crippen molar-refractivity contribution in [2.24, 2.45) is 0 Å². The number of hydrogen-bond donors (Lipinski definition) is 1. The lowest BCUT2D eigenvalue weighted by molar-refractivity contribution is -0.119. The van der Waals surface area contributed by atoms with Crippen molar-refractivity contribution in [1.29, 1.82) is 0 Å². The predicted octanol–water partition coefficient (Wildman–Crippen LogP) is 2.69. The van der Waals surface area contributed by atoms with Crippen LogP contribution in [0, 0.1) is 0 Å². The van der Waals surface area contributed by atoms with E-state index in [2.05, 4.69) is 6.92 Å². The monoisotopic (exact) mass is 186 g/mol. The van der Waals surface area contributed by atoms with E-state index in [0.29, 0.717) is 12.2 Å². The van der Waals surface area contributed by atoms with E-state index in [0.717, 1.165) is 25.7 Å². The fourth-order valence-electron chi connectivity index (χ4n) is 1.31. The SMILES string of the molecule is CCCCCCC(=O)CCCCO. The van der Waals surface area contributed by atoms with Gasteiger partial charge in [0, 0.05) is 19.4 Å². The minimum Gasteiger partial charge on any atom is -0.396 e. The van der Waals surface area contributed by atoms with Gasteiger partial charge >= 0.3 is 0 Å². The van der Waals surface area contributed by atoms with E-state index < -0.39 is 0 Å². The topological polar surface area (TPSA) is 37.3 Å². The van der Waals surface area contributed by atoms with Crippen molar-refractivity contribution < 1.29 is 9.90 Å². The first-order valence-electron chi connectivity index (χ1n) is 5.43. The lowest BCUT2D eigenvalue weighted by atomic mass is 10.1. The molecule has 0 unspecified atom stereocenters. The molecule has 0 rings (SSSR count). The minimum atomic E-state index is 0.211. The Labute approximate surface area is 81.3 Å². The molecule has 0 saturated heterocycles. The highest BCUT2D eigenvalue weighted by Gasteiger charge is 2.00. The molecule has 0 saturated carbocycles. The van der Waals surface area contributed by atoms with Gasteiger partial charge in [-0.25, -0.2) is 0 Å². The zero-order chi connectivity index (χ0) is 9.94. The maximum atomic E-state index is 11.2. The molecule has 0 aliphatic carbocycles. The number of ketones is 1. The van der Waals surface area contributed by atoms with Crippen LogP contribution in [0.25, 0.3) is 0 Å². The molecule has 0 amide bonds. The summed E-state index contributed by atoms with van der Waals surface area (Å²) < 4.78 is 0. The molecule has 0 aromatic rings. The number of aliphatic hydroxyl groups excluding tert-OH is 1. The Balaban J connectivity index is 3.11. The summed E-state index contributed by atoms with van der Waals surface area (Å²) in [7, 11) is 0. The van der Waals surface area contributed by atoms with Gasteiger partial charge in [-0.2, -0.15) is 0 Å². The van der Waals surface area contributed by atoms with Crippen molar-refractivity contribution in [3.8, 4) is 0 Å². The first-order valence-corrected chi connectivity index (χ1v) is 5.43. The molecule has 0 atom stereocenters. The number of unbranched alkanes of at least 4 members (excludes halogenated alkanes) is 4. The summed E-state index contributed by atoms with van der Waals surface area (Å²) in [6.07, 6.45) is 7.71. The van der Waals surface area contributed by atoms with Crippen LogP contribution in [0.5, 0.6) is 0 Å². The van der Waals surface area contributed by atoms with Crippen LogP contribution in [-0.2, 0) is 4.79 Å². The second-order valence-electron chi connectivity index (χ2n) is 3.53. The molecule has 0 aliphatic rings. The van der Waals surface area contributed by atoms with E-state index in [1.807, 2.05) is 0 Å². The molecule has 13 heavy (non-hydrogen) atoms. The first kappa shape index (κ1) is 12.6. The molecule has 0 bridgehead atoms. The van der Waals surface area contributed by atoms with Gasteiger partial charge in [-0.1, -0.05) is 26.2 Å². The Bertz CT molecular complexity index is 121. The molecule has 1 N–H and O–H groups in total. The number of aliphatic hydroxyl groups is 1. The third-order valence-electron chi connectivity index (χ3n) is 2.17. The van der Waals surface area contributed by atoms with Crippen LogP contribution < -0.4 is 0 Å². The van der Waals surface area contributed by atoms with E-state index in [4.69, 9.17) is 5.11 Å². The van der Waals surface area contributed by atoms with Gasteiger partial charge in [0.25, 0.3) is 0 Å². The van der Waals surface area contributed by atoms with Crippen molar-refractivity contribution in [2.45, 2.75) is 58.3 Å². The van der Waals surface area contributed by atoms with Crippen LogP contribution in [0.2, 0.25) is 0 Å². The standard InChI is InChI=1S/C11H22O2/c1-2-3-4-5-8-11(13)9-6-7-10-12/h12H,2-10H2,1H3. The third-order valence-corrected chi connectivity index (χ3v) is 2.17. The zero-order valence-electron chi connectivity index (χ0n) is 8.72. The fraction of sp³-hybridized carbons (Fsp3) is 0.909. The molecule has 78 valence electrons. The number of carbonyl (C=O) groups excluding carboxylic acids is 1. The van der Waals surface area contributed by atoms with Crippen molar-refractivity contribution in [3.05, 3.63) is 0 Å². The van der Waals surface area contributed by atoms with Gasteiger partial charge in [0.1, 0.15) is 5.78 Å². The van der Waals surface area contributed by atoms with Crippen LogP contribution in [0.3, 0.4) is 0 Å². The van der Waals surface area contributed by atoms with E-state index in [-0.39, 0.29) is 6.61 Å². The second-order valence-corrected chi connectivity index (χ2v) is 3.53. The van der Waals surface area contributed by atoms with Gasteiger partial charge in [0.2, 0.25) is 0 Å². The highest BCUT2D eigenvalue weighted by Crippen LogP contribution is 2.06. The van der Waals surface area contributed by atoms with Crippen LogP contribution in [-0.4, -0.2) is 17.5 Å². The first-order chi connectivity index (χ1) is 6.31. The number of carbonyl (C=O) groups is 1. The zero-order valence-corrected chi connectivity index (χ0v) is 8.72. The Morgan fingerprint density at radius 3 is 2.15 bits per heavy atom. The number of hydrogen-bond acceptors (Lipinski definition) is 2. The molecule has 2 nitrogen and oxygen atoms in total. The summed E-state index contributed by atoms with van der Waals surface area (Å²) in [6.45, 7) is 2.38. The predicted molar refractivity (Wildman–Crippen MR) is 54.7 cm³/mol. The Kier molecular flexibility index (Phi) is 9.44. The maximum absolute atomic E-state index is 11.2. The average Bonchev–Trinajstić information content (AvgIpc) is 2.13. The molecule has 0 heterocycles. The normalized spacial score (nSPS) is 10.3. The molecule has 0 aromatic heterocycles. The Hall–Kier alpha value is -0.370. The molecule has 0 aromatic carbocycles. The van der Waals surface area contributed by atoms with Crippen LogP contribution in [0.1, 0.15) is 58.3 Å². The minimum absolute atomic E-state index is 0.211. The van der Waals surface area contributed by atoms with Gasteiger partial charge in [-0.3, -0.25) is 4.79 Å². The third kappa shape index (κ3) is 9.54.